The Balaban J connectivity index is 1.35. The van der Waals surface area contributed by atoms with Crippen molar-refractivity contribution in [3.05, 3.63) is 53.3 Å². The molecule has 30 heavy (non-hydrogen) atoms. The molecule has 4 rings (SSSR count). The normalized spacial score (nSPS) is 20.9. The number of aromatic nitrogens is 2. The van der Waals surface area contributed by atoms with Crippen LogP contribution in [0.3, 0.4) is 0 Å². The van der Waals surface area contributed by atoms with Crippen molar-refractivity contribution in [2.75, 3.05) is 20.8 Å². The average Bonchev–Trinajstić information content (AvgIpc) is 3.43. The van der Waals surface area contributed by atoms with E-state index in [0.717, 1.165) is 29.3 Å². The largest absolute Gasteiger partial charge is 0.495 e. The highest BCUT2D eigenvalue weighted by molar-refractivity contribution is 5.92. The van der Waals surface area contributed by atoms with Crippen LogP contribution in [0.5, 0.6) is 5.75 Å². The number of ether oxygens (including phenoxy) is 2. The van der Waals surface area contributed by atoms with Gasteiger partial charge >= 0.3 is 0 Å². The van der Waals surface area contributed by atoms with Gasteiger partial charge in [0, 0.05) is 42.4 Å². The van der Waals surface area contributed by atoms with Gasteiger partial charge in [0.15, 0.2) is 5.76 Å². The second-order valence-electron chi connectivity index (χ2n) is 7.53. The summed E-state index contributed by atoms with van der Waals surface area (Å²) in [6.45, 7) is 2.82. The van der Waals surface area contributed by atoms with Gasteiger partial charge in [-0.15, -0.1) is 5.10 Å². The number of pyridine rings is 1. The van der Waals surface area contributed by atoms with Gasteiger partial charge in [-0.1, -0.05) is 5.16 Å². The third-order valence-electron chi connectivity index (χ3n) is 5.16. The lowest BCUT2D eigenvalue weighted by molar-refractivity contribution is -0.129. The maximum atomic E-state index is 12.3. The molecule has 0 aromatic carbocycles. The Bertz CT molecular complexity index is 966. The zero-order chi connectivity index (χ0) is 21.1. The Morgan fingerprint density at radius 2 is 2.23 bits per heavy atom. The molecular formula is C21H25N5O4. The first-order valence-corrected chi connectivity index (χ1v) is 9.86. The van der Waals surface area contributed by atoms with Crippen molar-refractivity contribution >= 4 is 11.8 Å². The van der Waals surface area contributed by atoms with Gasteiger partial charge in [0.1, 0.15) is 5.75 Å². The minimum atomic E-state index is -0.118. The van der Waals surface area contributed by atoms with E-state index < -0.39 is 0 Å². The van der Waals surface area contributed by atoms with E-state index in [2.05, 4.69) is 20.6 Å². The summed E-state index contributed by atoms with van der Waals surface area (Å²) in [5.41, 5.74) is 2.58. The molecule has 158 valence electrons. The van der Waals surface area contributed by atoms with E-state index in [1.807, 2.05) is 25.1 Å². The SMILES string of the molecule is COc1ccc([C@H]2C[C@@H]2COC2=NN(C)C(=O)CC(NCc3cc(C)no3)=C2)nc1. The number of rotatable bonds is 7. The number of hydrazone groups is 1. The third kappa shape index (κ3) is 4.79. The lowest BCUT2D eigenvalue weighted by Crippen LogP contribution is -2.23. The van der Waals surface area contributed by atoms with Crippen molar-refractivity contribution < 1.29 is 18.8 Å². The summed E-state index contributed by atoms with van der Waals surface area (Å²) >= 11 is 0. The molecular weight excluding hydrogens is 386 g/mol. The van der Waals surface area contributed by atoms with Crippen LogP contribution < -0.4 is 10.1 Å². The maximum absolute atomic E-state index is 12.3. The average molecular weight is 411 g/mol. The van der Waals surface area contributed by atoms with E-state index in [1.165, 1.54) is 5.01 Å². The minimum Gasteiger partial charge on any atom is -0.495 e. The summed E-state index contributed by atoms with van der Waals surface area (Å²) in [7, 11) is 3.26. The van der Waals surface area contributed by atoms with Crippen molar-refractivity contribution in [3.8, 4) is 5.75 Å². The van der Waals surface area contributed by atoms with Crippen LogP contribution in [-0.2, 0) is 16.1 Å². The Kier molecular flexibility index (Phi) is 5.69. The molecule has 9 heteroatoms. The molecule has 1 saturated carbocycles. The van der Waals surface area contributed by atoms with Crippen molar-refractivity contribution in [1.29, 1.82) is 0 Å². The molecule has 1 aliphatic heterocycles. The van der Waals surface area contributed by atoms with Gasteiger partial charge in [0.05, 0.1) is 38.6 Å². The second-order valence-corrected chi connectivity index (χ2v) is 7.53. The number of amides is 1. The molecule has 0 radical (unpaired) electrons. The smallest absolute Gasteiger partial charge is 0.248 e. The predicted molar refractivity (Wildman–Crippen MR) is 109 cm³/mol. The zero-order valence-electron chi connectivity index (χ0n) is 17.3. The summed E-state index contributed by atoms with van der Waals surface area (Å²) in [5, 5.41) is 12.7. The predicted octanol–water partition coefficient (Wildman–Crippen LogP) is 2.36. The molecule has 1 N–H and O–H groups in total. The van der Waals surface area contributed by atoms with Crippen molar-refractivity contribution in [2.45, 2.75) is 32.2 Å². The molecule has 3 heterocycles. The van der Waals surface area contributed by atoms with Gasteiger partial charge in [0.2, 0.25) is 11.8 Å². The fourth-order valence-corrected chi connectivity index (χ4v) is 3.31. The van der Waals surface area contributed by atoms with Crippen LogP contribution in [0.4, 0.5) is 0 Å². The number of hydrogen-bond acceptors (Lipinski definition) is 8. The van der Waals surface area contributed by atoms with Crippen LogP contribution in [0, 0.1) is 12.8 Å². The second kappa shape index (κ2) is 8.56. The number of carbonyl (C=O) groups excluding carboxylic acids is 1. The molecule has 2 atom stereocenters. The van der Waals surface area contributed by atoms with Gasteiger partial charge in [-0.2, -0.15) is 0 Å². The first-order valence-electron chi connectivity index (χ1n) is 9.86. The van der Waals surface area contributed by atoms with E-state index in [-0.39, 0.29) is 12.3 Å². The highest BCUT2D eigenvalue weighted by Crippen LogP contribution is 2.46. The number of nitrogens with zero attached hydrogens (tertiary/aromatic N) is 4. The molecule has 2 aliphatic rings. The van der Waals surface area contributed by atoms with Gasteiger partial charge in [-0.25, -0.2) is 5.01 Å². The van der Waals surface area contributed by atoms with E-state index in [0.29, 0.717) is 36.6 Å². The molecule has 9 nitrogen and oxygen atoms in total. The molecule has 0 bridgehead atoms. The molecule has 0 unspecified atom stereocenters. The molecule has 0 saturated heterocycles. The fourth-order valence-electron chi connectivity index (χ4n) is 3.31. The molecule has 0 spiro atoms. The first-order chi connectivity index (χ1) is 14.5. The van der Waals surface area contributed by atoms with Gasteiger partial charge in [-0.05, 0) is 25.5 Å². The summed E-state index contributed by atoms with van der Waals surface area (Å²) < 4.78 is 16.3. The topological polar surface area (TPSA) is 102 Å². The van der Waals surface area contributed by atoms with Crippen molar-refractivity contribution in [2.24, 2.45) is 11.0 Å². The van der Waals surface area contributed by atoms with Crippen LogP contribution in [0.2, 0.25) is 0 Å². The Hall–Kier alpha value is -3.36. The summed E-state index contributed by atoms with van der Waals surface area (Å²) in [6, 6.07) is 5.77. The van der Waals surface area contributed by atoms with Crippen LogP contribution in [0.1, 0.15) is 35.9 Å². The monoisotopic (exact) mass is 411 g/mol. The number of carbonyl (C=O) groups is 1. The first kappa shape index (κ1) is 19.9. The van der Waals surface area contributed by atoms with E-state index in [4.69, 9.17) is 14.0 Å². The standard InChI is InChI=1S/C21H25N5O4/c1-13-6-17(30-25-13)11-22-15-8-20(24-26(2)21(27)9-15)29-12-14-7-18(14)19-5-4-16(28-3)10-23-19/h4-6,8,10,14,18,22H,7,9,11-12H2,1-3H3/t14-,18+/m1/s1. The minimum absolute atomic E-state index is 0.118. The van der Waals surface area contributed by atoms with E-state index in [9.17, 15) is 4.79 Å². The highest BCUT2D eigenvalue weighted by Gasteiger charge is 2.40. The number of aryl methyl sites for hydroxylation is 1. The number of hydrogen-bond donors (Lipinski definition) is 1. The van der Waals surface area contributed by atoms with Crippen LogP contribution >= 0.6 is 0 Å². The Labute approximate surface area is 174 Å². The summed E-state index contributed by atoms with van der Waals surface area (Å²) in [5.74, 6) is 2.49. The summed E-state index contributed by atoms with van der Waals surface area (Å²) in [4.78, 5) is 16.7. The number of methoxy groups -OCH3 is 1. The van der Waals surface area contributed by atoms with Gasteiger partial charge in [-0.3, -0.25) is 9.78 Å². The molecule has 2 aromatic rings. The molecule has 1 aliphatic carbocycles. The van der Waals surface area contributed by atoms with E-state index in [1.54, 1.807) is 26.4 Å². The van der Waals surface area contributed by atoms with Crippen LogP contribution in [-0.4, -0.2) is 47.7 Å². The van der Waals surface area contributed by atoms with Crippen molar-refractivity contribution in [1.82, 2.24) is 20.5 Å². The van der Waals surface area contributed by atoms with Crippen LogP contribution in [0.15, 0.2) is 45.8 Å². The molecule has 2 aromatic heterocycles. The van der Waals surface area contributed by atoms with Crippen molar-refractivity contribution in [3.63, 3.8) is 0 Å². The van der Waals surface area contributed by atoms with E-state index >= 15 is 0 Å². The lowest BCUT2D eigenvalue weighted by atomic mass is 10.2. The van der Waals surface area contributed by atoms with Gasteiger partial charge < -0.3 is 19.3 Å². The summed E-state index contributed by atoms with van der Waals surface area (Å²) in [6.07, 6.45) is 4.73. The molecule has 1 fully saturated rings. The Morgan fingerprint density at radius 1 is 1.37 bits per heavy atom. The van der Waals surface area contributed by atoms with Crippen LogP contribution in [0.25, 0.3) is 0 Å². The Morgan fingerprint density at radius 3 is 2.93 bits per heavy atom. The number of nitrogens with one attached hydrogen (secondary N) is 1. The zero-order valence-corrected chi connectivity index (χ0v) is 17.3. The fraction of sp³-hybridized carbons (Fsp3) is 0.429. The third-order valence-corrected chi connectivity index (χ3v) is 5.16. The quantitative estimate of drug-likeness (QED) is 0.746. The lowest BCUT2D eigenvalue weighted by Gasteiger charge is -2.10. The molecule has 1 amide bonds. The van der Waals surface area contributed by atoms with Gasteiger partial charge in [0.25, 0.3) is 0 Å². The maximum Gasteiger partial charge on any atom is 0.248 e. The highest BCUT2D eigenvalue weighted by atomic mass is 16.5.